The van der Waals surface area contributed by atoms with E-state index in [4.69, 9.17) is 16.0 Å². The van der Waals surface area contributed by atoms with E-state index in [9.17, 15) is 22.4 Å². The number of carbonyl (C=O) groups is 2. The van der Waals surface area contributed by atoms with Gasteiger partial charge in [0.1, 0.15) is 16.8 Å². The monoisotopic (exact) mass is 464 g/mol. The van der Waals surface area contributed by atoms with Crippen molar-refractivity contribution in [3.63, 3.8) is 0 Å². The molecule has 0 unspecified atom stereocenters. The molecule has 0 aliphatic heterocycles. The minimum Gasteiger partial charge on any atom is -0.468 e. The summed E-state index contributed by atoms with van der Waals surface area (Å²) in [6, 6.07) is 13.9. The Kier molecular flexibility index (Phi) is 7.09. The Balaban J connectivity index is 1.68. The van der Waals surface area contributed by atoms with Gasteiger partial charge in [0, 0.05) is 18.1 Å². The van der Waals surface area contributed by atoms with Crippen molar-refractivity contribution < 1.29 is 26.8 Å². The summed E-state index contributed by atoms with van der Waals surface area (Å²) in [6.45, 7) is -0.320. The van der Waals surface area contributed by atoms with E-state index in [1.54, 1.807) is 24.3 Å². The standard InChI is InChI=1S/C21H18ClFN2O5S/c22-15-5-3-14(4-6-15)12-24-20(26)21(27)25-13-19(18-2-1-11-30-18)31(28,29)17-9-7-16(23)8-10-17/h1-11,19H,12-13H2,(H,24,26)(H,25,27)/t19-/m0/s1. The molecule has 0 spiro atoms. The van der Waals surface area contributed by atoms with E-state index in [2.05, 4.69) is 10.6 Å². The Labute approximate surface area is 183 Å². The summed E-state index contributed by atoms with van der Waals surface area (Å²) in [7, 11) is -4.04. The lowest BCUT2D eigenvalue weighted by Gasteiger charge is -2.16. The van der Waals surface area contributed by atoms with E-state index in [0.717, 1.165) is 29.8 Å². The topological polar surface area (TPSA) is 105 Å². The Bertz CT molecular complexity index is 1150. The van der Waals surface area contributed by atoms with Crippen LogP contribution < -0.4 is 10.6 Å². The average Bonchev–Trinajstić information content (AvgIpc) is 3.27. The number of hydrogen-bond acceptors (Lipinski definition) is 5. The molecule has 2 aromatic carbocycles. The lowest BCUT2D eigenvalue weighted by molar-refractivity contribution is -0.139. The molecule has 31 heavy (non-hydrogen) atoms. The molecule has 3 rings (SSSR count). The maximum Gasteiger partial charge on any atom is 0.309 e. The van der Waals surface area contributed by atoms with Crippen molar-refractivity contribution in [2.45, 2.75) is 16.7 Å². The number of amides is 2. The zero-order chi connectivity index (χ0) is 22.4. The highest BCUT2D eigenvalue weighted by Gasteiger charge is 2.32. The maximum absolute atomic E-state index is 13.2. The second-order valence-corrected chi connectivity index (χ2v) is 9.09. The summed E-state index contributed by atoms with van der Waals surface area (Å²) in [5.41, 5.74) is 0.734. The Morgan fingerprint density at radius 1 is 0.968 bits per heavy atom. The van der Waals surface area contributed by atoms with Crippen molar-refractivity contribution in [2.24, 2.45) is 0 Å². The summed E-state index contributed by atoms with van der Waals surface area (Å²) >= 11 is 5.80. The summed E-state index contributed by atoms with van der Waals surface area (Å²) in [5.74, 6) is -2.43. The van der Waals surface area contributed by atoms with E-state index in [1.165, 1.54) is 18.4 Å². The van der Waals surface area contributed by atoms with Crippen LogP contribution in [0.2, 0.25) is 5.02 Å². The highest BCUT2D eigenvalue weighted by Crippen LogP contribution is 2.29. The predicted molar refractivity (Wildman–Crippen MR) is 111 cm³/mol. The summed E-state index contributed by atoms with van der Waals surface area (Å²) < 4.78 is 44.4. The van der Waals surface area contributed by atoms with Gasteiger partial charge in [-0.05, 0) is 54.1 Å². The van der Waals surface area contributed by atoms with Crippen LogP contribution in [0.15, 0.2) is 76.2 Å². The van der Waals surface area contributed by atoms with Gasteiger partial charge in [-0.15, -0.1) is 0 Å². The van der Waals surface area contributed by atoms with Crippen LogP contribution in [0.3, 0.4) is 0 Å². The molecule has 0 aliphatic carbocycles. The van der Waals surface area contributed by atoms with Gasteiger partial charge in [-0.2, -0.15) is 0 Å². The number of hydrogen-bond donors (Lipinski definition) is 2. The van der Waals surface area contributed by atoms with Crippen LogP contribution in [-0.4, -0.2) is 26.8 Å². The molecule has 0 saturated carbocycles. The van der Waals surface area contributed by atoms with Gasteiger partial charge in [0.2, 0.25) is 0 Å². The van der Waals surface area contributed by atoms with Gasteiger partial charge in [0.15, 0.2) is 9.84 Å². The van der Waals surface area contributed by atoms with Crippen LogP contribution in [0, 0.1) is 5.82 Å². The minimum absolute atomic E-state index is 0.0752. The van der Waals surface area contributed by atoms with E-state index < -0.39 is 39.3 Å². The Morgan fingerprint density at radius 2 is 1.61 bits per heavy atom. The van der Waals surface area contributed by atoms with Gasteiger partial charge in [-0.1, -0.05) is 23.7 Å². The molecule has 7 nitrogen and oxygen atoms in total. The molecule has 0 bridgehead atoms. The molecular formula is C21H18ClFN2O5S. The number of furan rings is 1. The second-order valence-electron chi connectivity index (χ2n) is 6.52. The van der Waals surface area contributed by atoms with E-state index in [1.807, 2.05) is 0 Å². The third kappa shape index (κ3) is 5.71. The second kappa shape index (κ2) is 9.76. The van der Waals surface area contributed by atoms with Gasteiger partial charge in [0.05, 0.1) is 11.2 Å². The molecule has 1 aromatic heterocycles. The fraction of sp³-hybridized carbons (Fsp3) is 0.143. The van der Waals surface area contributed by atoms with Crippen molar-refractivity contribution in [3.05, 3.63) is 89.1 Å². The number of benzene rings is 2. The first-order chi connectivity index (χ1) is 14.8. The van der Waals surface area contributed by atoms with Crippen LogP contribution >= 0.6 is 11.6 Å². The van der Waals surface area contributed by atoms with Crippen LogP contribution in [0.25, 0.3) is 0 Å². The minimum atomic E-state index is -4.04. The molecule has 0 radical (unpaired) electrons. The summed E-state index contributed by atoms with van der Waals surface area (Å²) in [4.78, 5) is 24.1. The predicted octanol–water partition coefficient (Wildman–Crippen LogP) is 3.02. The number of nitrogens with one attached hydrogen (secondary N) is 2. The molecular weight excluding hydrogens is 447 g/mol. The zero-order valence-corrected chi connectivity index (χ0v) is 17.6. The first kappa shape index (κ1) is 22.5. The number of halogens is 2. The molecule has 2 amide bonds. The third-order valence-electron chi connectivity index (χ3n) is 4.40. The van der Waals surface area contributed by atoms with Gasteiger partial charge in [-0.25, -0.2) is 12.8 Å². The van der Waals surface area contributed by atoms with Crippen LogP contribution in [0.5, 0.6) is 0 Å². The largest absolute Gasteiger partial charge is 0.468 e. The first-order valence-electron chi connectivity index (χ1n) is 9.10. The number of sulfone groups is 1. The fourth-order valence-corrected chi connectivity index (χ4v) is 4.47. The number of carbonyl (C=O) groups excluding carboxylic acids is 2. The molecule has 1 heterocycles. The highest BCUT2D eigenvalue weighted by molar-refractivity contribution is 7.91. The van der Waals surface area contributed by atoms with Gasteiger partial charge >= 0.3 is 11.8 Å². The van der Waals surface area contributed by atoms with Gasteiger partial charge in [0.25, 0.3) is 0 Å². The third-order valence-corrected chi connectivity index (χ3v) is 6.73. The SMILES string of the molecule is O=C(NCc1ccc(Cl)cc1)C(=O)NC[C@@H](c1ccco1)S(=O)(=O)c1ccc(F)cc1. The summed E-state index contributed by atoms with van der Waals surface area (Å²) in [6.07, 6.45) is 1.29. The van der Waals surface area contributed by atoms with Crippen LogP contribution in [-0.2, 0) is 26.0 Å². The smallest absolute Gasteiger partial charge is 0.309 e. The van der Waals surface area contributed by atoms with Gasteiger partial charge in [-0.3, -0.25) is 9.59 Å². The van der Waals surface area contributed by atoms with Crippen LogP contribution in [0.4, 0.5) is 4.39 Å². The van der Waals surface area contributed by atoms with Crippen molar-refractivity contribution in [2.75, 3.05) is 6.54 Å². The molecule has 2 N–H and O–H groups in total. The molecule has 0 fully saturated rings. The quantitative estimate of drug-likeness (QED) is 0.413. The molecule has 0 saturated heterocycles. The number of rotatable bonds is 7. The Morgan fingerprint density at radius 3 is 2.23 bits per heavy atom. The lowest BCUT2D eigenvalue weighted by atomic mass is 10.2. The van der Waals surface area contributed by atoms with Crippen molar-refractivity contribution in [1.29, 1.82) is 0 Å². The normalized spacial score (nSPS) is 12.2. The lowest BCUT2D eigenvalue weighted by Crippen LogP contribution is -2.42. The van der Waals surface area contributed by atoms with Crippen molar-refractivity contribution in [3.8, 4) is 0 Å². The molecule has 1 atom stereocenters. The van der Waals surface area contributed by atoms with E-state index in [0.29, 0.717) is 5.02 Å². The summed E-state index contributed by atoms with van der Waals surface area (Å²) in [5, 5.41) is 4.00. The van der Waals surface area contributed by atoms with E-state index in [-0.39, 0.29) is 17.2 Å². The fourth-order valence-electron chi connectivity index (χ4n) is 2.76. The van der Waals surface area contributed by atoms with Gasteiger partial charge < -0.3 is 15.1 Å². The van der Waals surface area contributed by atoms with Crippen LogP contribution in [0.1, 0.15) is 16.6 Å². The molecule has 162 valence electrons. The maximum atomic E-state index is 13.2. The van der Waals surface area contributed by atoms with Crippen molar-refractivity contribution >= 4 is 33.3 Å². The van der Waals surface area contributed by atoms with E-state index >= 15 is 0 Å². The average molecular weight is 465 g/mol. The highest BCUT2D eigenvalue weighted by atomic mass is 35.5. The molecule has 0 aliphatic rings. The molecule has 3 aromatic rings. The zero-order valence-electron chi connectivity index (χ0n) is 16.0. The Hall–Kier alpha value is -3.17. The van der Waals surface area contributed by atoms with Crippen molar-refractivity contribution in [1.82, 2.24) is 10.6 Å². The molecule has 10 heteroatoms. The first-order valence-corrected chi connectivity index (χ1v) is 11.0.